The van der Waals surface area contributed by atoms with Crippen LogP contribution in [0.2, 0.25) is 0 Å². The Labute approximate surface area is 96.6 Å². The summed E-state index contributed by atoms with van der Waals surface area (Å²) in [5.74, 6) is 0. The molecule has 0 radical (unpaired) electrons. The van der Waals surface area contributed by atoms with E-state index in [4.69, 9.17) is 13.3 Å². The summed E-state index contributed by atoms with van der Waals surface area (Å²) in [5, 5.41) is 0. The second-order valence-corrected chi connectivity index (χ2v) is 2.35. The van der Waals surface area contributed by atoms with Crippen LogP contribution in [0.1, 0.15) is 5.56 Å². The first-order chi connectivity index (χ1) is 5.13. The van der Waals surface area contributed by atoms with Gasteiger partial charge in [0, 0.05) is 0 Å². The molecule has 0 unspecified atom stereocenters. The van der Waals surface area contributed by atoms with Gasteiger partial charge in [0.15, 0.2) is 0 Å². The number of hydrogen-bond acceptors (Lipinski definition) is 1. The van der Waals surface area contributed by atoms with Gasteiger partial charge in [-0.05, 0) is 6.92 Å². The first kappa shape index (κ1) is 14.8. The van der Waals surface area contributed by atoms with E-state index in [0.717, 1.165) is 0 Å². The van der Waals surface area contributed by atoms with Crippen molar-refractivity contribution in [3.05, 3.63) is 35.9 Å². The van der Waals surface area contributed by atoms with Crippen LogP contribution in [0.25, 0.3) is 0 Å². The van der Waals surface area contributed by atoms with E-state index in [2.05, 4.69) is 19.1 Å². The quantitative estimate of drug-likeness (QED) is 0.483. The van der Waals surface area contributed by atoms with Crippen molar-refractivity contribution in [1.82, 2.24) is 0 Å². The van der Waals surface area contributed by atoms with Gasteiger partial charge in [-0.1, -0.05) is 35.9 Å². The van der Waals surface area contributed by atoms with Gasteiger partial charge >= 0.3 is 29.6 Å². The molecule has 0 spiro atoms. The molecule has 0 amide bonds. The number of benzene rings is 1. The fourth-order valence-corrected chi connectivity index (χ4v) is 0.534. The molecule has 0 saturated heterocycles. The van der Waals surface area contributed by atoms with E-state index in [1.54, 1.807) is 0 Å². The average molecular weight is 198 g/mol. The summed E-state index contributed by atoms with van der Waals surface area (Å²) < 4.78 is 22.8. The van der Waals surface area contributed by atoms with Crippen molar-refractivity contribution in [1.29, 1.82) is 0 Å². The first-order valence-corrected chi connectivity index (χ1v) is 4.01. The molecule has 1 aromatic carbocycles. The second kappa shape index (κ2) is 9.38. The van der Waals surface area contributed by atoms with Gasteiger partial charge < -0.3 is 0 Å². The Kier molecular flexibility index (Phi) is 11.6. The Morgan fingerprint density at radius 1 is 1.17 bits per heavy atom. The van der Waals surface area contributed by atoms with Gasteiger partial charge in [0.2, 0.25) is 0 Å². The van der Waals surface area contributed by atoms with Gasteiger partial charge in [0.25, 0.3) is 11.4 Å². The molecule has 5 heteroatoms. The molecular formula is C7H11NaO3S. The molecule has 0 atom stereocenters. The zero-order valence-electron chi connectivity index (χ0n) is 6.10. The maximum absolute atomic E-state index is 8.67. The van der Waals surface area contributed by atoms with E-state index in [-0.39, 0.29) is 29.6 Å². The topological polar surface area (TPSA) is 57.5 Å². The van der Waals surface area contributed by atoms with Crippen LogP contribution in [0.4, 0.5) is 0 Å². The molecule has 0 aromatic heterocycles. The summed E-state index contributed by atoms with van der Waals surface area (Å²) >= 11 is -2.61. The van der Waals surface area contributed by atoms with Crippen molar-refractivity contribution < 1.29 is 13.3 Å². The second-order valence-electron chi connectivity index (χ2n) is 1.89. The molecule has 0 bridgehead atoms. The third-order valence-electron chi connectivity index (χ3n) is 0.940. The zero-order valence-corrected chi connectivity index (χ0v) is 6.91. The van der Waals surface area contributed by atoms with Crippen LogP contribution in [-0.2, 0) is 11.4 Å². The van der Waals surface area contributed by atoms with Crippen molar-refractivity contribution in [3.8, 4) is 0 Å². The molecule has 3 nitrogen and oxygen atoms in total. The Hall–Kier alpha value is 0.290. The minimum atomic E-state index is -2.61. The van der Waals surface area contributed by atoms with Crippen molar-refractivity contribution >= 4 is 40.9 Å². The summed E-state index contributed by atoms with van der Waals surface area (Å²) in [6, 6.07) is 10.3. The number of rotatable bonds is 0. The van der Waals surface area contributed by atoms with Crippen LogP contribution in [0.5, 0.6) is 0 Å². The van der Waals surface area contributed by atoms with Gasteiger partial charge in [-0.15, -0.1) is 0 Å². The SMILES string of the molecule is Cc1ccccc1.O=S(O)O.[NaH]. The molecule has 0 saturated carbocycles. The molecule has 64 valence electrons. The van der Waals surface area contributed by atoms with E-state index < -0.39 is 11.4 Å². The average Bonchev–Trinajstić information content (AvgIpc) is 1.87. The van der Waals surface area contributed by atoms with E-state index in [9.17, 15) is 0 Å². The first-order valence-electron chi connectivity index (χ1n) is 2.94. The van der Waals surface area contributed by atoms with Crippen LogP contribution in [0.15, 0.2) is 30.3 Å². The van der Waals surface area contributed by atoms with Crippen LogP contribution in [-0.4, -0.2) is 42.9 Å². The van der Waals surface area contributed by atoms with Crippen molar-refractivity contribution in [3.63, 3.8) is 0 Å². The van der Waals surface area contributed by atoms with Gasteiger partial charge in [0.1, 0.15) is 0 Å². The molecule has 12 heavy (non-hydrogen) atoms. The van der Waals surface area contributed by atoms with E-state index in [1.807, 2.05) is 18.2 Å². The maximum atomic E-state index is 8.67. The molecule has 1 rings (SSSR count). The van der Waals surface area contributed by atoms with E-state index >= 15 is 0 Å². The van der Waals surface area contributed by atoms with Crippen molar-refractivity contribution in [2.45, 2.75) is 6.92 Å². The number of hydrogen-bond donors (Lipinski definition) is 2. The van der Waals surface area contributed by atoms with Crippen LogP contribution in [0, 0.1) is 6.92 Å². The molecule has 0 aliphatic rings. The molecule has 0 aliphatic heterocycles. The summed E-state index contributed by atoms with van der Waals surface area (Å²) in [5.41, 5.74) is 1.32. The van der Waals surface area contributed by atoms with Crippen molar-refractivity contribution in [2.24, 2.45) is 0 Å². The summed E-state index contributed by atoms with van der Waals surface area (Å²) in [7, 11) is 0. The molecular weight excluding hydrogens is 187 g/mol. The summed E-state index contributed by atoms with van der Waals surface area (Å²) in [6.45, 7) is 2.08. The van der Waals surface area contributed by atoms with Crippen LogP contribution < -0.4 is 0 Å². The molecule has 0 fully saturated rings. The van der Waals surface area contributed by atoms with E-state index in [1.165, 1.54) is 5.56 Å². The normalized spacial score (nSPS) is 8.00. The third-order valence-corrected chi connectivity index (χ3v) is 0.940. The van der Waals surface area contributed by atoms with Crippen LogP contribution in [0.3, 0.4) is 0 Å². The van der Waals surface area contributed by atoms with Crippen molar-refractivity contribution in [2.75, 3.05) is 0 Å². The predicted octanol–water partition coefficient (Wildman–Crippen LogP) is 1.03. The number of aryl methyl sites for hydroxylation is 1. The standard InChI is InChI=1S/C7H8.Na.H2O3S.H/c1-7-5-3-2-4-6-7;;1-4(2)3;/h2-6H,1H3;;(H2,1,2,3);. The van der Waals surface area contributed by atoms with Gasteiger partial charge in [0.05, 0.1) is 0 Å². The Morgan fingerprint density at radius 2 is 1.50 bits per heavy atom. The molecule has 0 heterocycles. The zero-order chi connectivity index (χ0) is 8.69. The van der Waals surface area contributed by atoms with E-state index in [0.29, 0.717) is 0 Å². The van der Waals surface area contributed by atoms with Gasteiger partial charge in [-0.3, -0.25) is 9.11 Å². The summed E-state index contributed by atoms with van der Waals surface area (Å²) in [4.78, 5) is 0. The minimum absolute atomic E-state index is 0. The molecule has 2 N–H and O–H groups in total. The fraction of sp³-hybridized carbons (Fsp3) is 0.143. The molecule has 1 aromatic rings. The molecule has 0 aliphatic carbocycles. The Bertz CT molecular complexity index is 211. The monoisotopic (exact) mass is 198 g/mol. The van der Waals surface area contributed by atoms with Gasteiger partial charge in [-0.25, -0.2) is 0 Å². The Balaban J connectivity index is 0. The fourth-order valence-electron chi connectivity index (χ4n) is 0.534. The summed E-state index contributed by atoms with van der Waals surface area (Å²) in [6.07, 6.45) is 0. The predicted molar refractivity (Wildman–Crippen MR) is 51.7 cm³/mol. The Morgan fingerprint density at radius 3 is 1.67 bits per heavy atom. The van der Waals surface area contributed by atoms with Gasteiger partial charge in [-0.2, -0.15) is 4.21 Å². The van der Waals surface area contributed by atoms with Crippen LogP contribution >= 0.6 is 0 Å². The third kappa shape index (κ3) is 12.9.